The Bertz CT molecular complexity index is 861. The van der Waals surface area contributed by atoms with E-state index in [1.165, 1.54) is 17.7 Å². The van der Waals surface area contributed by atoms with Crippen molar-refractivity contribution in [1.82, 2.24) is 9.80 Å². The first kappa shape index (κ1) is 21.8. The molecule has 1 amide bonds. The molecule has 166 valence electrons. The third-order valence-electron chi connectivity index (χ3n) is 6.55. The first-order valence-electron chi connectivity index (χ1n) is 11.2. The number of amides is 1. The number of hydrogen-bond donors (Lipinski definition) is 1. The highest BCUT2D eigenvalue weighted by Gasteiger charge is 2.44. The van der Waals surface area contributed by atoms with Gasteiger partial charge in [-0.05, 0) is 55.5 Å². The molecule has 2 aliphatic rings. The Hall–Kier alpha value is -2.44. The fourth-order valence-electron chi connectivity index (χ4n) is 4.91. The molecule has 6 heteroatoms. The Morgan fingerprint density at radius 3 is 2.58 bits per heavy atom. The van der Waals surface area contributed by atoms with Crippen molar-refractivity contribution in [3.05, 3.63) is 71.5 Å². The molecule has 0 radical (unpaired) electrons. The van der Waals surface area contributed by atoms with Crippen LogP contribution in [0.4, 0.5) is 9.18 Å². The zero-order chi connectivity index (χ0) is 21.7. The number of rotatable bonds is 7. The molecule has 5 nitrogen and oxygen atoms in total. The Balaban J connectivity index is 1.44. The highest BCUT2D eigenvalue weighted by Crippen LogP contribution is 2.39. The number of aliphatic hydroxyl groups is 1. The van der Waals surface area contributed by atoms with Crippen molar-refractivity contribution in [3.8, 4) is 0 Å². The van der Waals surface area contributed by atoms with Crippen LogP contribution in [0.5, 0.6) is 0 Å². The molecule has 4 rings (SSSR count). The van der Waals surface area contributed by atoms with E-state index in [9.17, 15) is 14.3 Å². The van der Waals surface area contributed by atoms with E-state index in [-0.39, 0.29) is 24.6 Å². The summed E-state index contributed by atoms with van der Waals surface area (Å²) in [5.41, 5.74) is 1.27. The summed E-state index contributed by atoms with van der Waals surface area (Å²) >= 11 is 0. The van der Waals surface area contributed by atoms with Gasteiger partial charge in [-0.1, -0.05) is 42.5 Å². The summed E-state index contributed by atoms with van der Waals surface area (Å²) in [6.45, 7) is 3.39. The van der Waals surface area contributed by atoms with Crippen LogP contribution in [0, 0.1) is 5.82 Å². The van der Waals surface area contributed by atoms with Crippen LogP contribution in [0.3, 0.4) is 0 Å². The summed E-state index contributed by atoms with van der Waals surface area (Å²) in [5, 5.41) is 9.36. The van der Waals surface area contributed by atoms with Crippen molar-refractivity contribution < 1.29 is 19.0 Å². The zero-order valence-corrected chi connectivity index (χ0v) is 17.9. The molecular weight excluding hydrogens is 395 g/mol. The number of hydrogen-bond acceptors (Lipinski definition) is 4. The fourth-order valence-corrected chi connectivity index (χ4v) is 4.91. The smallest absolute Gasteiger partial charge is 0.410 e. The Morgan fingerprint density at radius 2 is 1.87 bits per heavy atom. The second-order valence-electron chi connectivity index (χ2n) is 8.66. The molecule has 31 heavy (non-hydrogen) atoms. The molecule has 0 aliphatic carbocycles. The molecule has 0 spiro atoms. The largest absolute Gasteiger partial charge is 0.438 e. The minimum Gasteiger partial charge on any atom is -0.438 e. The van der Waals surface area contributed by atoms with Gasteiger partial charge in [0, 0.05) is 38.7 Å². The van der Waals surface area contributed by atoms with Crippen molar-refractivity contribution in [1.29, 1.82) is 0 Å². The molecule has 2 aromatic carbocycles. The highest BCUT2D eigenvalue weighted by atomic mass is 19.1. The summed E-state index contributed by atoms with van der Waals surface area (Å²) in [6, 6.07) is 16.7. The number of cyclic esters (lactones) is 1. The van der Waals surface area contributed by atoms with Crippen molar-refractivity contribution in [2.75, 3.05) is 26.2 Å². The lowest BCUT2D eigenvalue weighted by Gasteiger charge is -2.46. The number of ether oxygens (including phenoxy) is 1. The van der Waals surface area contributed by atoms with Gasteiger partial charge in [0.25, 0.3) is 0 Å². The van der Waals surface area contributed by atoms with E-state index in [4.69, 9.17) is 4.74 Å². The minimum atomic E-state index is -0.803. The van der Waals surface area contributed by atoms with Crippen molar-refractivity contribution >= 4 is 6.09 Å². The first-order valence-corrected chi connectivity index (χ1v) is 11.2. The number of piperidine rings is 1. The maximum atomic E-state index is 13.4. The monoisotopic (exact) mass is 426 g/mol. The number of benzene rings is 2. The summed E-state index contributed by atoms with van der Waals surface area (Å²) < 4.78 is 19.5. The zero-order valence-electron chi connectivity index (χ0n) is 17.9. The van der Waals surface area contributed by atoms with Gasteiger partial charge in [-0.2, -0.15) is 0 Å². The second-order valence-corrected chi connectivity index (χ2v) is 8.66. The molecule has 1 unspecified atom stereocenters. The molecule has 2 saturated heterocycles. The molecular formula is C25H31FN2O3. The van der Waals surface area contributed by atoms with Crippen LogP contribution in [0.1, 0.15) is 43.2 Å². The van der Waals surface area contributed by atoms with Gasteiger partial charge in [0.2, 0.25) is 0 Å². The molecule has 2 fully saturated rings. The molecule has 2 aliphatic heterocycles. The van der Waals surface area contributed by atoms with Crippen LogP contribution in [-0.2, 0) is 16.9 Å². The second kappa shape index (κ2) is 9.79. The third kappa shape index (κ3) is 5.08. The van der Waals surface area contributed by atoms with E-state index in [0.717, 1.165) is 38.0 Å². The number of aliphatic hydroxyl groups excluding tert-OH is 1. The fraction of sp³-hybridized carbons (Fsp3) is 0.480. The Kier molecular flexibility index (Phi) is 6.88. The number of nitrogens with zero attached hydrogens (tertiary/aromatic N) is 2. The van der Waals surface area contributed by atoms with Gasteiger partial charge in [-0.3, -0.25) is 4.90 Å². The van der Waals surface area contributed by atoms with Gasteiger partial charge < -0.3 is 14.7 Å². The molecule has 1 N–H and O–H groups in total. The van der Waals surface area contributed by atoms with Gasteiger partial charge in [0.05, 0.1) is 0 Å². The number of likely N-dealkylation sites (tertiary alicyclic amines) is 1. The van der Waals surface area contributed by atoms with E-state index in [1.54, 1.807) is 12.1 Å². The first-order chi connectivity index (χ1) is 15.1. The maximum Gasteiger partial charge on any atom is 0.410 e. The van der Waals surface area contributed by atoms with E-state index >= 15 is 0 Å². The minimum absolute atomic E-state index is 0.0290. The van der Waals surface area contributed by atoms with Crippen LogP contribution >= 0.6 is 0 Å². The maximum absolute atomic E-state index is 13.4. The summed E-state index contributed by atoms with van der Waals surface area (Å²) in [4.78, 5) is 17.4. The van der Waals surface area contributed by atoms with Crippen LogP contribution in [-0.4, -0.2) is 53.3 Å². The Morgan fingerprint density at radius 1 is 1.10 bits per heavy atom. The van der Waals surface area contributed by atoms with E-state index in [0.29, 0.717) is 25.8 Å². The lowest BCUT2D eigenvalue weighted by atomic mass is 9.84. The predicted octanol–water partition coefficient (Wildman–Crippen LogP) is 4.30. The lowest BCUT2D eigenvalue weighted by molar-refractivity contribution is -0.0744. The van der Waals surface area contributed by atoms with Crippen LogP contribution in [0.15, 0.2) is 54.6 Å². The molecule has 2 atom stereocenters. The average molecular weight is 427 g/mol. The van der Waals surface area contributed by atoms with Crippen LogP contribution < -0.4 is 0 Å². The van der Waals surface area contributed by atoms with Gasteiger partial charge in [0.1, 0.15) is 11.4 Å². The van der Waals surface area contributed by atoms with Gasteiger partial charge in [-0.15, -0.1) is 0 Å². The van der Waals surface area contributed by atoms with Gasteiger partial charge in [-0.25, -0.2) is 9.18 Å². The topological polar surface area (TPSA) is 53.0 Å². The third-order valence-corrected chi connectivity index (χ3v) is 6.55. The number of halogens is 1. The van der Waals surface area contributed by atoms with E-state index in [1.807, 2.05) is 11.0 Å². The standard InChI is InChI=1S/C25H31FN2O3/c26-22-11-9-21(10-12-22)25(13-5-17-29)14-16-28(24(30)31-25)23-8-4-15-27(19-23)18-20-6-2-1-3-7-20/h1-3,6-7,9-12,23,29H,4-5,8,13-19H2/t23-,25?/m0/s1. The van der Waals surface area contributed by atoms with Gasteiger partial charge >= 0.3 is 6.09 Å². The number of carbonyl (C=O) groups excluding carboxylic acids is 1. The molecule has 2 aromatic rings. The summed E-state index contributed by atoms with van der Waals surface area (Å²) in [6.07, 6.45) is 3.41. The van der Waals surface area contributed by atoms with Crippen molar-refractivity contribution in [2.24, 2.45) is 0 Å². The van der Waals surface area contributed by atoms with Crippen molar-refractivity contribution in [3.63, 3.8) is 0 Å². The molecule has 2 heterocycles. The summed E-state index contributed by atoms with van der Waals surface area (Å²) in [7, 11) is 0. The predicted molar refractivity (Wildman–Crippen MR) is 117 cm³/mol. The normalized spacial score (nSPS) is 24.8. The van der Waals surface area contributed by atoms with Crippen LogP contribution in [0.2, 0.25) is 0 Å². The van der Waals surface area contributed by atoms with Gasteiger partial charge in [0.15, 0.2) is 0 Å². The SMILES string of the molecule is O=C1OC(CCCO)(c2ccc(F)cc2)CCN1[C@H]1CCCN(Cc2ccccc2)C1. The summed E-state index contributed by atoms with van der Waals surface area (Å²) in [5.74, 6) is -0.314. The van der Waals surface area contributed by atoms with Crippen molar-refractivity contribution in [2.45, 2.75) is 50.3 Å². The Labute approximate surface area is 183 Å². The van der Waals surface area contributed by atoms with E-state index < -0.39 is 5.60 Å². The molecule has 0 saturated carbocycles. The molecule has 0 bridgehead atoms. The van der Waals surface area contributed by atoms with Crippen LogP contribution in [0.25, 0.3) is 0 Å². The highest BCUT2D eigenvalue weighted by molar-refractivity contribution is 5.70. The lowest BCUT2D eigenvalue weighted by Crippen LogP contribution is -2.56. The number of carbonyl (C=O) groups is 1. The van der Waals surface area contributed by atoms with E-state index in [2.05, 4.69) is 29.2 Å². The molecule has 0 aromatic heterocycles. The quantitative estimate of drug-likeness (QED) is 0.717. The average Bonchev–Trinajstić information content (AvgIpc) is 2.79.